The number of benzene rings is 1. The molecule has 2 rings (SSSR count). The molecule has 0 saturated carbocycles. The molecule has 0 saturated heterocycles. The Hall–Kier alpha value is -1.26. The highest BCUT2D eigenvalue weighted by Gasteiger charge is 2.28. The summed E-state index contributed by atoms with van der Waals surface area (Å²) < 4.78 is 5.80. The second-order valence-corrected chi connectivity index (χ2v) is 5.13. The fourth-order valence-electron chi connectivity index (χ4n) is 2.10. The lowest BCUT2D eigenvalue weighted by atomic mass is 9.92. The van der Waals surface area contributed by atoms with Gasteiger partial charge in [-0.15, -0.1) is 0 Å². The maximum absolute atomic E-state index is 9.84. The molecule has 17 heavy (non-hydrogen) atoms. The van der Waals surface area contributed by atoms with E-state index in [1.54, 1.807) is 12.1 Å². The van der Waals surface area contributed by atoms with E-state index in [9.17, 15) is 10.2 Å². The van der Waals surface area contributed by atoms with E-state index in [1.165, 1.54) is 0 Å². The Balaban J connectivity index is 2.39. The van der Waals surface area contributed by atoms with Crippen LogP contribution < -0.4 is 10.5 Å². The minimum Gasteiger partial charge on any atom is -0.507 e. The summed E-state index contributed by atoms with van der Waals surface area (Å²) in [6, 6.07) is 3.36. The van der Waals surface area contributed by atoms with Crippen LogP contribution in [0.3, 0.4) is 0 Å². The molecule has 4 N–H and O–H groups in total. The molecule has 1 aromatic rings. The molecule has 0 bridgehead atoms. The van der Waals surface area contributed by atoms with Gasteiger partial charge >= 0.3 is 0 Å². The molecule has 1 aromatic carbocycles. The molecule has 0 fully saturated rings. The van der Waals surface area contributed by atoms with Gasteiger partial charge in [0.05, 0.1) is 6.10 Å². The number of fused-ring (bicyclic) bond motifs is 1. The SMILES string of the molecule is CC1(C)CCc2cc(C(O)CN)c(O)cc2O1. The van der Waals surface area contributed by atoms with Gasteiger partial charge in [-0.25, -0.2) is 0 Å². The largest absolute Gasteiger partial charge is 0.507 e. The minimum absolute atomic E-state index is 0.0411. The summed E-state index contributed by atoms with van der Waals surface area (Å²) in [5, 5.41) is 19.5. The molecular formula is C13H19NO3. The van der Waals surface area contributed by atoms with Gasteiger partial charge < -0.3 is 20.7 Å². The summed E-state index contributed by atoms with van der Waals surface area (Å²) in [5.41, 5.74) is 6.70. The van der Waals surface area contributed by atoms with E-state index in [0.29, 0.717) is 11.3 Å². The number of aryl methyl sites for hydroxylation is 1. The van der Waals surface area contributed by atoms with E-state index in [0.717, 1.165) is 18.4 Å². The first-order valence-corrected chi connectivity index (χ1v) is 5.86. The summed E-state index contributed by atoms with van der Waals surface area (Å²) in [6.07, 6.45) is 0.978. The predicted molar refractivity (Wildman–Crippen MR) is 65.1 cm³/mol. The first kappa shape index (κ1) is 12.2. The second kappa shape index (κ2) is 4.20. The summed E-state index contributed by atoms with van der Waals surface area (Å²) in [5.74, 6) is 0.742. The molecule has 0 aromatic heterocycles. The molecule has 1 aliphatic heterocycles. The van der Waals surface area contributed by atoms with E-state index in [1.807, 2.05) is 13.8 Å². The van der Waals surface area contributed by atoms with E-state index in [-0.39, 0.29) is 17.9 Å². The van der Waals surface area contributed by atoms with Crippen molar-refractivity contribution < 1.29 is 14.9 Å². The van der Waals surface area contributed by atoms with Crippen LogP contribution in [-0.2, 0) is 6.42 Å². The minimum atomic E-state index is -0.824. The standard InChI is InChI=1S/C13H19NO3/c1-13(2)4-3-8-5-9(11(16)7-14)10(15)6-12(8)17-13/h5-6,11,15-16H,3-4,7,14H2,1-2H3. The number of phenols is 1. The van der Waals surface area contributed by atoms with Crippen LogP contribution in [0.25, 0.3) is 0 Å². The Morgan fingerprint density at radius 3 is 2.82 bits per heavy atom. The molecule has 1 unspecified atom stereocenters. The number of aromatic hydroxyl groups is 1. The van der Waals surface area contributed by atoms with Gasteiger partial charge in [-0.05, 0) is 38.3 Å². The lowest BCUT2D eigenvalue weighted by molar-refractivity contribution is 0.0840. The fourth-order valence-corrected chi connectivity index (χ4v) is 2.10. The summed E-state index contributed by atoms with van der Waals surface area (Å²) in [7, 11) is 0. The number of hydrogen-bond acceptors (Lipinski definition) is 4. The number of phenolic OH excluding ortho intramolecular Hbond substituents is 1. The topological polar surface area (TPSA) is 75.7 Å². The summed E-state index contributed by atoms with van der Waals surface area (Å²) >= 11 is 0. The van der Waals surface area contributed by atoms with Crippen LogP contribution in [0.15, 0.2) is 12.1 Å². The zero-order valence-electron chi connectivity index (χ0n) is 10.2. The highest BCUT2D eigenvalue weighted by atomic mass is 16.5. The van der Waals surface area contributed by atoms with Gasteiger partial charge in [0.25, 0.3) is 0 Å². The molecule has 0 aliphatic carbocycles. The third kappa shape index (κ3) is 2.37. The Morgan fingerprint density at radius 2 is 2.18 bits per heavy atom. The van der Waals surface area contributed by atoms with Gasteiger partial charge in [0.2, 0.25) is 0 Å². The lowest BCUT2D eigenvalue weighted by Gasteiger charge is -2.33. The van der Waals surface area contributed by atoms with Crippen LogP contribution in [0.5, 0.6) is 11.5 Å². The Morgan fingerprint density at radius 1 is 1.47 bits per heavy atom. The Labute approximate surface area is 101 Å². The highest BCUT2D eigenvalue weighted by Crippen LogP contribution is 2.38. The van der Waals surface area contributed by atoms with Crippen molar-refractivity contribution in [2.24, 2.45) is 5.73 Å². The number of hydrogen-bond donors (Lipinski definition) is 3. The van der Waals surface area contributed by atoms with Gasteiger partial charge in [-0.2, -0.15) is 0 Å². The van der Waals surface area contributed by atoms with Crippen LogP contribution in [-0.4, -0.2) is 22.4 Å². The van der Waals surface area contributed by atoms with Gasteiger partial charge in [-0.1, -0.05) is 0 Å². The average Bonchev–Trinajstić information content (AvgIpc) is 2.26. The van der Waals surface area contributed by atoms with Crippen molar-refractivity contribution in [3.63, 3.8) is 0 Å². The van der Waals surface area contributed by atoms with Crippen molar-refractivity contribution in [1.29, 1.82) is 0 Å². The van der Waals surface area contributed by atoms with Crippen LogP contribution in [0.2, 0.25) is 0 Å². The van der Waals surface area contributed by atoms with Gasteiger partial charge in [-0.3, -0.25) is 0 Å². The van der Waals surface area contributed by atoms with Gasteiger partial charge in [0.15, 0.2) is 0 Å². The average molecular weight is 237 g/mol. The van der Waals surface area contributed by atoms with Crippen molar-refractivity contribution >= 4 is 0 Å². The molecule has 1 heterocycles. The van der Waals surface area contributed by atoms with E-state index >= 15 is 0 Å². The summed E-state index contributed by atoms with van der Waals surface area (Å²) in [4.78, 5) is 0. The number of ether oxygens (including phenoxy) is 1. The first-order valence-electron chi connectivity index (χ1n) is 5.86. The summed E-state index contributed by atoms with van der Waals surface area (Å²) in [6.45, 7) is 4.14. The quantitative estimate of drug-likeness (QED) is 0.728. The van der Waals surface area contributed by atoms with E-state index < -0.39 is 6.10 Å². The van der Waals surface area contributed by atoms with E-state index in [4.69, 9.17) is 10.5 Å². The maximum Gasteiger partial charge on any atom is 0.127 e. The molecule has 1 aliphatic rings. The van der Waals surface area contributed by atoms with Gasteiger partial charge in [0.1, 0.15) is 17.1 Å². The van der Waals surface area contributed by atoms with Crippen LogP contribution in [0, 0.1) is 0 Å². The molecule has 4 nitrogen and oxygen atoms in total. The smallest absolute Gasteiger partial charge is 0.127 e. The molecular weight excluding hydrogens is 218 g/mol. The van der Waals surface area contributed by atoms with Crippen molar-refractivity contribution in [2.75, 3.05) is 6.54 Å². The zero-order valence-corrected chi connectivity index (χ0v) is 10.2. The Kier molecular flexibility index (Phi) is 3.02. The third-order valence-electron chi connectivity index (χ3n) is 3.17. The van der Waals surface area contributed by atoms with Crippen LogP contribution >= 0.6 is 0 Å². The molecule has 0 radical (unpaired) electrons. The Bertz CT molecular complexity index is 429. The van der Waals surface area contributed by atoms with Crippen molar-refractivity contribution in [3.05, 3.63) is 23.3 Å². The zero-order chi connectivity index (χ0) is 12.6. The number of aliphatic hydroxyl groups is 1. The van der Waals surface area contributed by atoms with Crippen molar-refractivity contribution in [2.45, 2.75) is 38.4 Å². The van der Waals surface area contributed by atoms with Crippen LogP contribution in [0.4, 0.5) is 0 Å². The van der Waals surface area contributed by atoms with Gasteiger partial charge in [0, 0.05) is 18.2 Å². The third-order valence-corrected chi connectivity index (χ3v) is 3.17. The monoisotopic (exact) mass is 237 g/mol. The normalized spacial score (nSPS) is 19.3. The fraction of sp³-hybridized carbons (Fsp3) is 0.538. The maximum atomic E-state index is 9.84. The number of aliphatic hydroxyl groups excluding tert-OH is 1. The molecule has 0 amide bonds. The van der Waals surface area contributed by atoms with Crippen LogP contribution in [0.1, 0.15) is 37.5 Å². The van der Waals surface area contributed by atoms with Crippen molar-refractivity contribution in [3.8, 4) is 11.5 Å². The lowest BCUT2D eigenvalue weighted by Crippen LogP contribution is -2.32. The molecule has 94 valence electrons. The first-order chi connectivity index (χ1) is 7.93. The van der Waals surface area contributed by atoms with Crippen molar-refractivity contribution in [1.82, 2.24) is 0 Å². The number of nitrogens with two attached hydrogens (primary N) is 1. The molecule has 0 spiro atoms. The molecule has 4 heteroatoms. The predicted octanol–water partition coefficient (Wildman–Crippen LogP) is 1.49. The number of rotatable bonds is 2. The highest BCUT2D eigenvalue weighted by molar-refractivity contribution is 5.48. The van der Waals surface area contributed by atoms with E-state index in [2.05, 4.69) is 0 Å². The second-order valence-electron chi connectivity index (χ2n) is 5.13. The molecule has 1 atom stereocenters.